The number of halogens is 2. The minimum atomic E-state index is -3.66. The topological polar surface area (TPSA) is 455 Å². The van der Waals surface area contributed by atoms with E-state index in [4.69, 9.17) is 18.4 Å². The van der Waals surface area contributed by atoms with E-state index in [1.807, 2.05) is 69.3 Å². The zero-order chi connectivity index (χ0) is 102. The number of rotatable bonds is 31. The molecule has 0 saturated heterocycles. The highest BCUT2D eigenvalue weighted by Crippen LogP contribution is 2.55. The average Bonchev–Trinajstić information content (AvgIpc) is 1.60. The SMILES string of the molecule is Cc1ccc(CNC(=O)c2ccc3n(c2=O)CCN(CC2(S(=O)(=O)CC#N)CC2)C3=O)cc1F.Cc1ccc(CNC(=O)c2ccc3n(c2=O)CCN(CC2(S(=O)(=O)CC4(C)CC4)CC2)C3=O)cc1F.[C-]#[N+]C1(CS(=O)(=O)C2(CN3CCn4c(ccc(C(=O)NCc5ccc(C)cc5)c4=O)C3=O)CC2)CC1.[C-]#[N+]C1(CS(=O)(=O)C2(CN3CCn4c(ccc(C(=O)NCc5ccc(C)cc5)c4=O)C3=O)CC2)CC1. The van der Waals surface area contributed by atoms with Gasteiger partial charge in [0.15, 0.2) is 39.3 Å². The Morgan fingerprint density at radius 1 is 0.352 bits per heavy atom. The Morgan fingerprint density at radius 3 is 0.845 bits per heavy atom. The first-order valence-electron chi connectivity index (χ1n) is 47.1. The zero-order valence-corrected chi connectivity index (χ0v) is 82.5. The van der Waals surface area contributed by atoms with Gasteiger partial charge in [-0.15, -0.1) is 0 Å². The van der Waals surface area contributed by atoms with Crippen LogP contribution in [0.15, 0.2) is 153 Å². The molecule has 4 aromatic carbocycles. The minimum Gasteiger partial charge on any atom is -0.348 e. The van der Waals surface area contributed by atoms with E-state index in [1.54, 1.807) is 44.2 Å². The summed E-state index contributed by atoms with van der Waals surface area (Å²) in [5, 5.41) is 19.5. The molecule has 746 valence electrons. The summed E-state index contributed by atoms with van der Waals surface area (Å²) < 4.78 is 132. The first-order chi connectivity index (χ1) is 67.2. The Bertz CT molecular complexity index is 7230. The third kappa shape index (κ3) is 21.1. The lowest BCUT2D eigenvalue weighted by molar-refractivity contribution is 0.0688. The highest BCUT2D eigenvalue weighted by atomic mass is 32.2. The molecule has 19 rings (SSSR count). The molecule has 4 aromatic heterocycles. The van der Waals surface area contributed by atoms with Crippen LogP contribution >= 0.6 is 0 Å². The smallest absolute Gasteiger partial charge is 0.270 e. The number of carbonyl (C=O) groups is 8. The third-order valence-electron chi connectivity index (χ3n) is 29.3. The van der Waals surface area contributed by atoms with Crippen LogP contribution in [-0.4, -0.2) is 224 Å². The third-order valence-corrected chi connectivity index (χ3v) is 40.2. The number of hydrogen-bond acceptors (Lipinski definition) is 21. The van der Waals surface area contributed by atoms with Crippen molar-refractivity contribution < 1.29 is 80.8 Å². The van der Waals surface area contributed by atoms with Crippen LogP contribution in [0, 0.1) is 69.2 Å². The average molecular weight is 2020 g/mol. The normalized spacial score (nSPS) is 18.6. The monoisotopic (exact) mass is 2020 g/mol. The summed E-state index contributed by atoms with van der Waals surface area (Å²) in [6.45, 7) is 26.1. The molecule has 41 heteroatoms. The van der Waals surface area contributed by atoms with E-state index < -0.39 is 150 Å². The fraction of sp³-hybridized carbons (Fsp3) is 0.455. The van der Waals surface area contributed by atoms with Gasteiger partial charge in [-0.3, -0.25) is 57.5 Å². The molecule has 7 aliphatic carbocycles. The number of nitriles is 1. The fourth-order valence-corrected chi connectivity index (χ4v) is 27.5. The maximum atomic E-state index is 13.8. The molecule has 4 aliphatic heterocycles. The van der Waals surface area contributed by atoms with Crippen LogP contribution in [0.1, 0.15) is 225 Å². The molecule has 4 N–H and O–H groups in total. The molecule has 8 amide bonds. The Kier molecular flexibility index (Phi) is 27.7. The molecule has 0 radical (unpaired) electrons. The van der Waals surface area contributed by atoms with E-state index in [0.29, 0.717) is 99.3 Å². The highest BCUT2D eigenvalue weighted by molar-refractivity contribution is 7.94. The molecule has 0 bridgehead atoms. The van der Waals surface area contributed by atoms with Crippen molar-refractivity contribution in [3.8, 4) is 6.07 Å². The molecule has 142 heavy (non-hydrogen) atoms. The van der Waals surface area contributed by atoms with Crippen molar-refractivity contribution in [2.45, 2.75) is 207 Å². The number of aromatic nitrogens is 4. The number of aryl methyl sites for hydroxylation is 4. The van der Waals surface area contributed by atoms with Crippen LogP contribution in [0.5, 0.6) is 0 Å². The summed E-state index contributed by atoms with van der Waals surface area (Å²) >= 11 is 0. The summed E-state index contributed by atoms with van der Waals surface area (Å²) in [5.74, 6) is -5.52. The van der Waals surface area contributed by atoms with Crippen molar-refractivity contribution in [3.05, 3.63) is 299 Å². The zero-order valence-electron chi connectivity index (χ0n) is 79.2. The first kappa shape index (κ1) is 102. The second kappa shape index (κ2) is 38.8. The van der Waals surface area contributed by atoms with E-state index in [9.17, 15) is 100.0 Å². The number of sulfone groups is 4. The van der Waals surface area contributed by atoms with Crippen LogP contribution in [-0.2, 0) is 91.7 Å². The van der Waals surface area contributed by atoms with E-state index in [0.717, 1.165) is 35.1 Å². The Hall–Kier alpha value is -13.4. The van der Waals surface area contributed by atoms with Gasteiger partial charge in [-0.25, -0.2) is 55.6 Å². The molecular formula is C101H109F2N15O20S4. The van der Waals surface area contributed by atoms with Crippen molar-refractivity contribution in [3.63, 3.8) is 0 Å². The van der Waals surface area contributed by atoms with Crippen LogP contribution in [0.3, 0.4) is 0 Å². The molecule has 0 atom stereocenters. The summed E-state index contributed by atoms with van der Waals surface area (Å²) in [6.07, 6.45) is 8.00. The number of nitrogens with one attached hydrogen (secondary N) is 4. The number of fused-ring (bicyclic) bond motifs is 4. The minimum absolute atomic E-state index is 0.0284. The van der Waals surface area contributed by atoms with Gasteiger partial charge in [-0.1, -0.05) is 90.8 Å². The number of nitrogens with zero attached hydrogens (tertiary/aromatic N) is 11. The lowest BCUT2D eigenvalue weighted by Gasteiger charge is -2.33. The molecule has 11 aliphatic rings. The van der Waals surface area contributed by atoms with Gasteiger partial charge >= 0.3 is 0 Å². The maximum Gasteiger partial charge on any atom is 0.270 e. The largest absolute Gasteiger partial charge is 0.348 e. The first-order valence-corrected chi connectivity index (χ1v) is 53.7. The fourth-order valence-electron chi connectivity index (χ4n) is 18.5. The lowest BCUT2D eigenvalue weighted by atomic mass is 10.1. The highest BCUT2D eigenvalue weighted by Gasteiger charge is 2.65. The Morgan fingerprint density at radius 2 is 0.606 bits per heavy atom. The van der Waals surface area contributed by atoms with Crippen LogP contribution in [0.2, 0.25) is 0 Å². The molecule has 8 heterocycles. The summed E-state index contributed by atoms with van der Waals surface area (Å²) in [6, 6.07) is 37.3. The van der Waals surface area contributed by atoms with Crippen molar-refractivity contribution in [2.75, 3.05) is 75.4 Å². The van der Waals surface area contributed by atoms with Crippen molar-refractivity contribution in [2.24, 2.45) is 5.41 Å². The van der Waals surface area contributed by atoms with Gasteiger partial charge in [0.25, 0.3) is 69.5 Å². The van der Waals surface area contributed by atoms with Crippen molar-refractivity contribution in [1.29, 1.82) is 5.26 Å². The standard InChI is InChI=1S/C26H30FN3O5S.2C26H28N4O5S.C23H23FN4O5S/c1-17-3-4-18(13-20(17)27)14-28-22(31)19-5-6-21-24(33)29(11-12-30(21)23(19)32)15-26(9-10-26)36(34,35)16-25(2)7-8-25;2*1-18-3-5-19(6-4-18)15-28-22(31)20-7-8-21-24(33)29(13-14-30(21)23(20)32)16-26(11-12-26)36(34,35)17-25(27-2)9-10-25;1-15-2-3-16(12-18(15)24)13-26-20(29)17-4-5-19-22(31)27(9-10-28(19)21(17)30)14-23(6-7-23)34(32,33)11-8-25/h3-6,13H,7-12,14-16H2,1-2H3,(H,28,31);2*3-8H,9-17H2,1H3,(H,28,31);2-5,12H,6-7,9-11,13-14H2,1H3,(H,26,29). The molecule has 0 spiro atoms. The maximum absolute atomic E-state index is 13.8. The van der Waals surface area contributed by atoms with Gasteiger partial charge in [0.2, 0.25) is 11.1 Å². The van der Waals surface area contributed by atoms with Crippen molar-refractivity contribution >= 4 is 86.6 Å². The molecule has 8 aromatic rings. The number of hydrogen-bond donors (Lipinski definition) is 4. The predicted molar refractivity (Wildman–Crippen MR) is 519 cm³/mol. The molecular weight excluding hydrogens is 1910 g/mol. The van der Waals surface area contributed by atoms with Crippen LogP contribution in [0.25, 0.3) is 9.69 Å². The number of carbonyl (C=O) groups excluding carboxylic acids is 8. The molecule has 0 unspecified atom stereocenters. The number of amides is 8. The van der Waals surface area contributed by atoms with Gasteiger partial charge in [0.1, 0.15) is 73.9 Å². The molecule has 7 fully saturated rings. The molecule has 7 saturated carbocycles. The van der Waals surface area contributed by atoms with Gasteiger partial charge in [0.05, 0.1) is 30.8 Å². The summed E-state index contributed by atoms with van der Waals surface area (Å²) in [7, 11) is -14.1. The van der Waals surface area contributed by atoms with E-state index in [1.165, 1.54) is 98.5 Å². The molecule has 35 nitrogen and oxygen atoms in total. The Labute approximate surface area is 819 Å². The summed E-state index contributed by atoms with van der Waals surface area (Å²) in [4.78, 5) is 168. The van der Waals surface area contributed by atoms with Crippen molar-refractivity contribution in [1.82, 2.24) is 59.1 Å². The predicted octanol–water partition coefficient (Wildman–Crippen LogP) is 7.47. The van der Waals surface area contributed by atoms with Gasteiger partial charge in [-0.2, -0.15) is 5.26 Å². The van der Waals surface area contributed by atoms with Gasteiger partial charge in [0, 0.05) is 130 Å². The second-order valence-electron chi connectivity index (χ2n) is 40.0. The number of pyridine rings is 4. The van der Waals surface area contributed by atoms with Crippen LogP contribution < -0.4 is 43.5 Å². The number of benzene rings is 4. The van der Waals surface area contributed by atoms with E-state index >= 15 is 0 Å². The summed E-state index contributed by atoms with van der Waals surface area (Å²) in [5.41, 5.74) is 2.32. The van der Waals surface area contributed by atoms with E-state index in [-0.39, 0.29) is 178 Å². The second-order valence-corrected chi connectivity index (χ2v) is 49.6. The van der Waals surface area contributed by atoms with E-state index in [2.05, 4.69) is 31.0 Å². The van der Waals surface area contributed by atoms with Gasteiger partial charge in [-0.05, 0) is 191 Å². The lowest BCUT2D eigenvalue weighted by Crippen LogP contribution is -2.50. The quantitative estimate of drug-likeness (QED) is 0.0306. The van der Waals surface area contributed by atoms with Gasteiger partial charge < -0.3 is 68.8 Å². The van der Waals surface area contributed by atoms with Crippen LogP contribution in [0.4, 0.5) is 8.78 Å². The Balaban J connectivity index is 0.000000136.